The Labute approximate surface area is 162 Å². The van der Waals surface area contributed by atoms with Crippen molar-refractivity contribution < 1.29 is 9.53 Å². The summed E-state index contributed by atoms with van der Waals surface area (Å²) in [5.74, 6) is -0.384. The molecule has 0 saturated carbocycles. The van der Waals surface area contributed by atoms with Gasteiger partial charge >= 0.3 is 5.97 Å². The highest BCUT2D eigenvalue weighted by atomic mass is 16.5. The van der Waals surface area contributed by atoms with Crippen LogP contribution in [0.5, 0.6) is 0 Å². The third-order valence-electron chi connectivity index (χ3n) is 4.34. The van der Waals surface area contributed by atoms with Crippen LogP contribution in [0.1, 0.15) is 28.4 Å². The van der Waals surface area contributed by atoms with Gasteiger partial charge in [-0.1, -0.05) is 60.7 Å². The van der Waals surface area contributed by atoms with E-state index in [1.807, 2.05) is 72.8 Å². The summed E-state index contributed by atoms with van der Waals surface area (Å²) in [5, 5.41) is 4.23. The lowest BCUT2D eigenvalue weighted by atomic mass is 10.0. The smallest absolute Gasteiger partial charge is 0.341 e. The molecule has 5 nitrogen and oxygen atoms in total. The molecule has 0 saturated heterocycles. The summed E-state index contributed by atoms with van der Waals surface area (Å²) in [6.07, 6.45) is 3.32. The quantitative estimate of drug-likeness (QED) is 0.379. The first-order valence-corrected chi connectivity index (χ1v) is 9.10. The van der Waals surface area contributed by atoms with Crippen LogP contribution in [0.15, 0.2) is 90.2 Å². The van der Waals surface area contributed by atoms with Crippen LogP contribution in [0.2, 0.25) is 0 Å². The number of aliphatic imine (C=N–C) groups is 1. The zero-order chi connectivity index (χ0) is 19.3. The van der Waals surface area contributed by atoms with Crippen LogP contribution in [0.25, 0.3) is 5.52 Å². The Kier molecular flexibility index (Phi) is 4.97. The number of pyridine rings is 1. The Bertz CT molecular complexity index is 1090. The monoisotopic (exact) mass is 369 g/mol. The van der Waals surface area contributed by atoms with Gasteiger partial charge in [0.25, 0.3) is 0 Å². The fourth-order valence-corrected chi connectivity index (χ4v) is 3.02. The van der Waals surface area contributed by atoms with Gasteiger partial charge < -0.3 is 4.74 Å². The maximum Gasteiger partial charge on any atom is 0.341 e. The van der Waals surface area contributed by atoms with Crippen LogP contribution >= 0.6 is 0 Å². The third kappa shape index (κ3) is 3.55. The molecule has 0 aliphatic carbocycles. The Morgan fingerprint density at radius 1 is 1.00 bits per heavy atom. The maximum atomic E-state index is 12.2. The van der Waals surface area contributed by atoms with Crippen LogP contribution < -0.4 is 0 Å². The summed E-state index contributed by atoms with van der Waals surface area (Å²) < 4.78 is 6.77. The number of benzene rings is 2. The number of nitrogens with zero attached hydrogens (tertiary/aromatic N) is 3. The molecule has 138 valence electrons. The second kappa shape index (κ2) is 7.88. The fourth-order valence-electron chi connectivity index (χ4n) is 3.02. The van der Waals surface area contributed by atoms with Gasteiger partial charge in [0, 0.05) is 17.3 Å². The summed E-state index contributed by atoms with van der Waals surface area (Å²) in [7, 11) is 0. The summed E-state index contributed by atoms with van der Waals surface area (Å²) in [6, 6.07) is 23.8. The van der Waals surface area contributed by atoms with Crippen LogP contribution in [0.3, 0.4) is 0 Å². The van der Waals surface area contributed by atoms with Crippen molar-refractivity contribution in [2.75, 3.05) is 6.61 Å². The minimum atomic E-state index is -0.384. The SMILES string of the molecule is CCOC(=O)c1cnn2ccc(N=C(c3ccccc3)c3ccccc3)cc12. The first-order chi connectivity index (χ1) is 13.8. The molecule has 0 radical (unpaired) electrons. The summed E-state index contributed by atoms with van der Waals surface area (Å²) >= 11 is 0. The molecule has 0 bridgehead atoms. The lowest BCUT2D eigenvalue weighted by molar-refractivity contribution is 0.0528. The largest absolute Gasteiger partial charge is 0.462 e. The molecular weight excluding hydrogens is 350 g/mol. The second-order valence-corrected chi connectivity index (χ2v) is 6.19. The van der Waals surface area contributed by atoms with Crippen LogP contribution in [0.4, 0.5) is 5.69 Å². The van der Waals surface area contributed by atoms with E-state index in [0.29, 0.717) is 17.7 Å². The number of ether oxygens (including phenoxy) is 1. The van der Waals surface area contributed by atoms with Crippen molar-refractivity contribution in [3.05, 3.63) is 102 Å². The minimum absolute atomic E-state index is 0.320. The van der Waals surface area contributed by atoms with E-state index in [9.17, 15) is 4.79 Å². The number of esters is 1. The van der Waals surface area contributed by atoms with Crippen molar-refractivity contribution in [3.8, 4) is 0 Å². The van der Waals surface area contributed by atoms with Gasteiger partial charge in [0.15, 0.2) is 0 Å². The van der Waals surface area contributed by atoms with E-state index in [4.69, 9.17) is 9.73 Å². The average Bonchev–Trinajstić information content (AvgIpc) is 3.17. The predicted molar refractivity (Wildman–Crippen MR) is 109 cm³/mol. The van der Waals surface area contributed by atoms with E-state index in [-0.39, 0.29) is 5.97 Å². The fraction of sp³-hybridized carbons (Fsp3) is 0.0870. The van der Waals surface area contributed by atoms with Gasteiger partial charge in [-0.05, 0) is 19.1 Å². The lowest BCUT2D eigenvalue weighted by Gasteiger charge is -2.08. The molecular formula is C23H19N3O2. The summed E-state index contributed by atoms with van der Waals surface area (Å²) in [5.41, 5.74) is 4.74. The highest BCUT2D eigenvalue weighted by molar-refractivity contribution is 6.14. The number of carbonyl (C=O) groups is 1. The topological polar surface area (TPSA) is 56.0 Å². The minimum Gasteiger partial charge on any atom is -0.462 e. The van der Waals surface area contributed by atoms with Gasteiger partial charge in [-0.3, -0.25) is 0 Å². The number of carbonyl (C=O) groups excluding carboxylic acids is 1. The number of rotatable bonds is 5. The highest BCUT2D eigenvalue weighted by Crippen LogP contribution is 2.22. The number of aromatic nitrogens is 2. The Morgan fingerprint density at radius 2 is 1.64 bits per heavy atom. The molecule has 0 amide bonds. The van der Waals surface area contributed by atoms with Gasteiger partial charge in [0.05, 0.1) is 29.7 Å². The molecule has 0 atom stereocenters. The number of fused-ring (bicyclic) bond motifs is 1. The van der Waals surface area contributed by atoms with Crippen molar-refractivity contribution in [3.63, 3.8) is 0 Å². The summed E-state index contributed by atoms with van der Waals surface area (Å²) in [6.45, 7) is 2.10. The Morgan fingerprint density at radius 3 is 2.25 bits per heavy atom. The van der Waals surface area contributed by atoms with E-state index in [1.165, 1.54) is 6.20 Å². The molecule has 2 aromatic carbocycles. The van der Waals surface area contributed by atoms with E-state index in [0.717, 1.165) is 22.5 Å². The molecule has 2 aromatic heterocycles. The average molecular weight is 369 g/mol. The molecule has 0 N–H and O–H groups in total. The van der Waals surface area contributed by atoms with Crippen LogP contribution in [-0.4, -0.2) is 27.9 Å². The van der Waals surface area contributed by atoms with Crippen molar-refractivity contribution in [2.24, 2.45) is 4.99 Å². The molecule has 0 unspecified atom stereocenters. The molecule has 4 aromatic rings. The van der Waals surface area contributed by atoms with E-state index in [1.54, 1.807) is 17.6 Å². The van der Waals surface area contributed by atoms with Crippen molar-refractivity contribution in [1.29, 1.82) is 0 Å². The first kappa shape index (κ1) is 17.7. The molecule has 28 heavy (non-hydrogen) atoms. The third-order valence-corrected chi connectivity index (χ3v) is 4.34. The predicted octanol–water partition coefficient (Wildman–Crippen LogP) is 4.68. The normalized spacial score (nSPS) is 10.6. The maximum absolute atomic E-state index is 12.2. The van der Waals surface area contributed by atoms with Gasteiger partial charge in [0.1, 0.15) is 5.56 Å². The van der Waals surface area contributed by atoms with Gasteiger partial charge in [-0.25, -0.2) is 14.3 Å². The molecule has 0 aliphatic heterocycles. The van der Waals surface area contributed by atoms with Crippen molar-refractivity contribution in [1.82, 2.24) is 9.61 Å². The lowest BCUT2D eigenvalue weighted by Crippen LogP contribution is -2.04. The molecule has 2 heterocycles. The standard InChI is InChI=1S/C23H19N3O2/c1-2-28-23(27)20-16-24-26-14-13-19(15-21(20)26)25-22(17-9-5-3-6-10-17)18-11-7-4-8-12-18/h3-16H,2H2,1H3. The first-order valence-electron chi connectivity index (χ1n) is 9.10. The molecule has 4 rings (SSSR count). The van der Waals surface area contributed by atoms with Crippen LogP contribution in [-0.2, 0) is 4.74 Å². The van der Waals surface area contributed by atoms with Gasteiger partial charge in [-0.15, -0.1) is 0 Å². The highest BCUT2D eigenvalue weighted by Gasteiger charge is 2.14. The molecule has 5 heteroatoms. The van der Waals surface area contributed by atoms with Crippen molar-refractivity contribution >= 4 is 22.9 Å². The summed E-state index contributed by atoms with van der Waals surface area (Å²) in [4.78, 5) is 17.1. The van der Waals surface area contributed by atoms with E-state index >= 15 is 0 Å². The Balaban J connectivity index is 1.83. The van der Waals surface area contributed by atoms with E-state index in [2.05, 4.69) is 5.10 Å². The van der Waals surface area contributed by atoms with E-state index < -0.39 is 0 Å². The van der Waals surface area contributed by atoms with Gasteiger partial charge in [-0.2, -0.15) is 5.10 Å². The number of hydrogen-bond acceptors (Lipinski definition) is 4. The second-order valence-electron chi connectivity index (χ2n) is 6.19. The zero-order valence-electron chi connectivity index (χ0n) is 15.4. The number of hydrogen-bond donors (Lipinski definition) is 0. The van der Waals surface area contributed by atoms with Crippen LogP contribution in [0, 0.1) is 0 Å². The Hall–Kier alpha value is -3.73. The molecule has 0 spiro atoms. The molecule has 0 aliphatic rings. The van der Waals surface area contributed by atoms with Gasteiger partial charge in [0.2, 0.25) is 0 Å². The zero-order valence-corrected chi connectivity index (χ0v) is 15.4. The molecule has 0 fully saturated rings. The van der Waals surface area contributed by atoms with Crippen molar-refractivity contribution in [2.45, 2.75) is 6.92 Å².